The van der Waals surface area contributed by atoms with Crippen LogP contribution in [0.2, 0.25) is 0 Å². The van der Waals surface area contributed by atoms with Crippen LogP contribution >= 0.6 is 0 Å². The Morgan fingerprint density at radius 3 is 2.88 bits per heavy atom. The molecule has 1 aromatic heterocycles. The highest BCUT2D eigenvalue weighted by Gasteiger charge is 2.26. The molecular weight excluding hydrogens is 232 g/mol. The lowest BCUT2D eigenvalue weighted by molar-refractivity contribution is -0.109. The SMILES string of the molecule is Cc1cc(CS(=O)(=O)N2CCCCO2)no1. The van der Waals surface area contributed by atoms with Crippen molar-refractivity contribution >= 4 is 10.0 Å². The molecule has 0 spiro atoms. The first-order valence-corrected chi connectivity index (χ1v) is 6.74. The van der Waals surface area contributed by atoms with E-state index in [1.54, 1.807) is 13.0 Å². The number of hydroxylamine groups is 1. The van der Waals surface area contributed by atoms with Crippen LogP contribution in [0.3, 0.4) is 0 Å². The van der Waals surface area contributed by atoms with Gasteiger partial charge in [-0.3, -0.25) is 4.84 Å². The number of sulfonamides is 1. The zero-order valence-electron chi connectivity index (χ0n) is 9.05. The number of aromatic nitrogens is 1. The van der Waals surface area contributed by atoms with Gasteiger partial charge in [-0.05, 0) is 19.8 Å². The van der Waals surface area contributed by atoms with E-state index in [-0.39, 0.29) is 5.75 Å². The summed E-state index contributed by atoms with van der Waals surface area (Å²) in [5.74, 6) is 0.425. The molecule has 0 aliphatic carbocycles. The van der Waals surface area contributed by atoms with Crippen LogP contribution in [0.1, 0.15) is 24.3 Å². The van der Waals surface area contributed by atoms with Crippen molar-refractivity contribution in [3.05, 3.63) is 17.5 Å². The maximum Gasteiger partial charge on any atom is 0.241 e. The summed E-state index contributed by atoms with van der Waals surface area (Å²) in [6, 6.07) is 1.61. The summed E-state index contributed by atoms with van der Waals surface area (Å²) in [5, 5.41) is 3.66. The second-order valence-electron chi connectivity index (χ2n) is 3.75. The van der Waals surface area contributed by atoms with Crippen LogP contribution in [0.15, 0.2) is 10.6 Å². The molecule has 90 valence electrons. The zero-order chi connectivity index (χ0) is 11.6. The predicted octanol–water partition coefficient (Wildman–Crippen LogP) is 0.840. The van der Waals surface area contributed by atoms with Crippen molar-refractivity contribution in [1.82, 2.24) is 9.63 Å². The summed E-state index contributed by atoms with van der Waals surface area (Å²) in [7, 11) is -3.43. The molecule has 1 fully saturated rings. The van der Waals surface area contributed by atoms with Crippen LogP contribution in [0.25, 0.3) is 0 Å². The maximum atomic E-state index is 11.9. The summed E-state index contributed by atoms with van der Waals surface area (Å²) in [6.07, 6.45) is 1.73. The molecule has 16 heavy (non-hydrogen) atoms. The molecule has 0 atom stereocenters. The number of rotatable bonds is 3. The molecule has 0 saturated carbocycles. The van der Waals surface area contributed by atoms with Crippen LogP contribution in [-0.4, -0.2) is 31.2 Å². The van der Waals surface area contributed by atoms with Gasteiger partial charge in [-0.25, -0.2) is 8.42 Å². The summed E-state index contributed by atoms with van der Waals surface area (Å²) in [6.45, 7) is 2.59. The minimum absolute atomic E-state index is 0.176. The van der Waals surface area contributed by atoms with Crippen LogP contribution in [0.5, 0.6) is 0 Å². The molecule has 0 radical (unpaired) electrons. The van der Waals surface area contributed by atoms with Gasteiger partial charge in [0, 0.05) is 12.6 Å². The number of hydrogen-bond acceptors (Lipinski definition) is 5. The van der Waals surface area contributed by atoms with Crippen molar-refractivity contribution < 1.29 is 17.8 Å². The topological polar surface area (TPSA) is 72.6 Å². The summed E-state index contributed by atoms with van der Waals surface area (Å²) < 4.78 is 29.6. The van der Waals surface area contributed by atoms with Gasteiger partial charge in [-0.1, -0.05) is 9.63 Å². The third kappa shape index (κ3) is 2.60. The second-order valence-corrected chi connectivity index (χ2v) is 5.61. The molecule has 1 aromatic rings. The molecule has 7 heteroatoms. The van der Waals surface area contributed by atoms with Crippen molar-refractivity contribution in [3.63, 3.8) is 0 Å². The van der Waals surface area contributed by atoms with E-state index in [0.717, 1.165) is 17.3 Å². The lowest BCUT2D eigenvalue weighted by Crippen LogP contribution is -2.36. The highest BCUT2D eigenvalue weighted by atomic mass is 32.2. The van der Waals surface area contributed by atoms with Crippen molar-refractivity contribution in [2.24, 2.45) is 0 Å². The first kappa shape index (κ1) is 11.6. The van der Waals surface area contributed by atoms with E-state index in [4.69, 9.17) is 9.36 Å². The molecule has 1 saturated heterocycles. The molecule has 0 unspecified atom stereocenters. The van der Waals surface area contributed by atoms with E-state index in [0.29, 0.717) is 24.6 Å². The lowest BCUT2D eigenvalue weighted by Gasteiger charge is -2.24. The van der Waals surface area contributed by atoms with Crippen LogP contribution in [0.4, 0.5) is 0 Å². The Balaban J connectivity index is 2.07. The molecule has 0 bridgehead atoms. The Morgan fingerprint density at radius 1 is 1.50 bits per heavy atom. The fourth-order valence-electron chi connectivity index (χ4n) is 1.54. The van der Waals surface area contributed by atoms with E-state index < -0.39 is 10.0 Å². The first-order chi connectivity index (χ1) is 7.58. The molecule has 6 nitrogen and oxygen atoms in total. The maximum absolute atomic E-state index is 11.9. The fourth-order valence-corrected chi connectivity index (χ4v) is 2.83. The second kappa shape index (κ2) is 4.52. The molecule has 1 aliphatic rings. The minimum Gasteiger partial charge on any atom is -0.361 e. The third-order valence-electron chi connectivity index (χ3n) is 2.29. The number of aryl methyl sites for hydroxylation is 1. The monoisotopic (exact) mass is 246 g/mol. The predicted molar refractivity (Wildman–Crippen MR) is 55.8 cm³/mol. The van der Waals surface area contributed by atoms with Gasteiger partial charge in [0.2, 0.25) is 10.0 Å². The molecular formula is C9H14N2O4S. The van der Waals surface area contributed by atoms with Crippen molar-refractivity contribution in [2.75, 3.05) is 13.2 Å². The zero-order valence-corrected chi connectivity index (χ0v) is 9.87. The summed E-state index contributed by atoms with van der Waals surface area (Å²) >= 11 is 0. The third-order valence-corrected chi connectivity index (χ3v) is 3.86. The first-order valence-electron chi connectivity index (χ1n) is 5.13. The summed E-state index contributed by atoms with van der Waals surface area (Å²) in [5.41, 5.74) is 0.409. The van der Waals surface area contributed by atoms with E-state index in [1.165, 1.54) is 0 Å². The van der Waals surface area contributed by atoms with Gasteiger partial charge < -0.3 is 4.52 Å². The Hall–Kier alpha value is -0.920. The Bertz CT molecular complexity index is 448. The standard InChI is InChI=1S/C9H14N2O4S/c1-8-6-9(10-15-8)7-16(12,13)11-4-2-3-5-14-11/h6H,2-5,7H2,1H3. The number of hydrogen-bond donors (Lipinski definition) is 0. The van der Waals surface area contributed by atoms with Gasteiger partial charge in [0.1, 0.15) is 17.2 Å². The van der Waals surface area contributed by atoms with Gasteiger partial charge in [-0.2, -0.15) is 0 Å². The average Bonchev–Trinajstić information content (AvgIpc) is 2.64. The lowest BCUT2D eigenvalue weighted by atomic mass is 10.3. The smallest absolute Gasteiger partial charge is 0.241 e. The van der Waals surface area contributed by atoms with Crippen molar-refractivity contribution in [3.8, 4) is 0 Å². The minimum atomic E-state index is -3.43. The van der Waals surface area contributed by atoms with Crippen molar-refractivity contribution in [1.29, 1.82) is 0 Å². The quantitative estimate of drug-likeness (QED) is 0.790. The highest BCUT2D eigenvalue weighted by Crippen LogP contribution is 2.15. The molecule has 0 N–H and O–H groups in total. The molecule has 2 heterocycles. The normalized spacial score (nSPS) is 18.8. The Morgan fingerprint density at radius 2 is 2.31 bits per heavy atom. The molecule has 2 rings (SSSR count). The van der Waals surface area contributed by atoms with E-state index >= 15 is 0 Å². The Kier molecular flexibility index (Phi) is 3.27. The van der Waals surface area contributed by atoms with E-state index in [1.807, 2.05) is 0 Å². The molecule has 0 amide bonds. The van der Waals surface area contributed by atoms with Gasteiger partial charge in [0.05, 0.1) is 6.61 Å². The van der Waals surface area contributed by atoms with Gasteiger partial charge >= 0.3 is 0 Å². The van der Waals surface area contributed by atoms with Crippen LogP contribution < -0.4 is 0 Å². The van der Waals surface area contributed by atoms with Gasteiger partial charge in [-0.15, -0.1) is 0 Å². The molecule has 0 aromatic carbocycles. The largest absolute Gasteiger partial charge is 0.361 e. The van der Waals surface area contributed by atoms with Crippen molar-refractivity contribution in [2.45, 2.75) is 25.5 Å². The number of nitrogens with zero attached hydrogens (tertiary/aromatic N) is 2. The fraction of sp³-hybridized carbons (Fsp3) is 0.667. The Labute approximate surface area is 94.2 Å². The van der Waals surface area contributed by atoms with Crippen LogP contribution in [0, 0.1) is 6.92 Å². The van der Waals surface area contributed by atoms with Gasteiger partial charge in [0.25, 0.3) is 0 Å². The summed E-state index contributed by atoms with van der Waals surface area (Å²) in [4.78, 5) is 5.11. The molecule has 1 aliphatic heterocycles. The average molecular weight is 246 g/mol. The van der Waals surface area contributed by atoms with E-state index in [9.17, 15) is 8.42 Å². The van der Waals surface area contributed by atoms with Crippen LogP contribution in [-0.2, 0) is 20.6 Å². The van der Waals surface area contributed by atoms with Gasteiger partial charge in [0.15, 0.2) is 0 Å². The highest BCUT2D eigenvalue weighted by molar-refractivity contribution is 7.88. The van der Waals surface area contributed by atoms with E-state index in [2.05, 4.69) is 5.16 Å².